The number of halogens is 1. The van der Waals surface area contributed by atoms with E-state index in [1.807, 2.05) is 17.0 Å². The fourth-order valence-corrected chi connectivity index (χ4v) is 4.66. The predicted molar refractivity (Wildman–Crippen MR) is 96.3 cm³/mol. The third-order valence-electron chi connectivity index (χ3n) is 6.17. The minimum Gasteiger partial charge on any atom is -0.346 e. The molecule has 0 unspecified atom stereocenters. The zero-order valence-electron chi connectivity index (χ0n) is 14.7. The molecule has 1 spiro atoms. The van der Waals surface area contributed by atoms with Crippen molar-refractivity contribution in [3.05, 3.63) is 65.8 Å². The molecule has 3 aliphatic rings. The Kier molecular flexibility index (Phi) is 3.30. The Bertz CT molecular complexity index is 917. The third-order valence-corrected chi connectivity index (χ3v) is 6.17. The Labute approximate surface area is 151 Å². The Hall–Kier alpha value is -2.24. The van der Waals surface area contributed by atoms with Gasteiger partial charge in [-0.1, -0.05) is 18.6 Å². The number of hydrogen-bond acceptors (Lipinski definition) is 3. The molecule has 0 amide bonds. The second-order valence-corrected chi connectivity index (χ2v) is 7.58. The zero-order chi connectivity index (χ0) is 17.9. The SMILES string of the molecule is C=C[C@@H]1CO[C@]2(CCC3=Cc4c(cnn4-c4ccc(F)cc4)C[C@@]32C)O1. The number of aromatic nitrogens is 2. The van der Waals surface area contributed by atoms with Crippen LogP contribution in [0.15, 0.2) is 48.7 Å². The molecule has 2 fully saturated rings. The molecule has 5 rings (SSSR count). The van der Waals surface area contributed by atoms with Crippen LogP contribution in [0.4, 0.5) is 4.39 Å². The highest BCUT2D eigenvalue weighted by molar-refractivity contribution is 5.62. The van der Waals surface area contributed by atoms with Crippen LogP contribution >= 0.6 is 0 Å². The molecule has 2 heterocycles. The van der Waals surface area contributed by atoms with Crippen LogP contribution in [-0.4, -0.2) is 28.3 Å². The van der Waals surface area contributed by atoms with E-state index in [-0.39, 0.29) is 17.3 Å². The van der Waals surface area contributed by atoms with E-state index in [2.05, 4.69) is 24.7 Å². The molecule has 0 N–H and O–H groups in total. The Morgan fingerprint density at radius 3 is 2.88 bits per heavy atom. The monoisotopic (exact) mass is 352 g/mol. The van der Waals surface area contributed by atoms with Crippen molar-refractivity contribution >= 4 is 6.08 Å². The van der Waals surface area contributed by atoms with Gasteiger partial charge < -0.3 is 9.47 Å². The molecule has 1 saturated carbocycles. The van der Waals surface area contributed by atoms with E-state index in [0.29, 0.717) is 6.61 Å². The molecule has 26 heavy (non-hydrogen) atoms. The quantitative estimate of drug-likeness (QED) is 0.765. The van der Waals surface area contributed by atoms with Crippen molar-refractivity contribution < 1.29 is 13.9 Å². The van der Waals surface area contributed by atoms with E-state index < -0.39 is 5.79 Å². The first kappa shape index (κ1) is 16.0. The summed E-state index contributed by atoms with van der Waals surface area (Å²) in [7, 11) is 0. The van der Waals surface area contributed by atoms with Gasteiger partial charge in [0.1, 0.15) is 11.9 Å². The first-order chi connectivity index (χ1) is 12.5. The molecule has 1 aromatic carbocycles. The van der Waals surface area contributed by atoms with Gasteiger partial charge in [-0.25, -0.2) is 9.07 Å². The number of benzene rings is 1. The second kappa shape index (κ2) is 5.38. The number of nitrogens with zero attached hydrogens (tertiary/aromatic N) is 2. The van der Waals surface area contributed by atoms with Gasteiger partial charge in [-0.15, -0.1) is 6.58 Å². The average Bonchev–Trinajstić information content (AvgIpc) is 3.31. The molecule has 0 bridgehead atoms. The van der Waals surface area contributed by atoms with E-state index in [9.17, 15) is 4.39 Å². The van der Waals surface area contributed by atoms with Crippen molar-refractivity contribution in [3.8, 4) is 5.69 Å². The van der Waals surface area contributed by atoms with E-state index >= 15 is 0 Å². The topological polar surface area (TPSA) is 36.3 Å². The van der Waals surface area contributed by atoms with Gasteiger partial charge in [0.2, 0.25) is 0 Å². The second-order valence-electron chi connectivity index (χ2n) is 7.58. The average molecular weight is 352 g/mol. The summed E-state index contributed by atoms with van der Waals surface area (Å²) in [5.41, 5.74) is 4.23. The molecule has 1 aromatic heterocycles. The minimum atomic E-state index is -0.576. The van der Waals surface area contributed by atoms with Crippen molar-refractivity contribution in [2.45, 2.75) is 38.1 Å². The summed E-state index contributed by atoms with van der Waals surface area (Å²) in [6, 6.07) is 6.43. The number of rotatable bonds is 2. The van der Waals surface area contributed by atoms with Crippen LogP contribution < -0.4 is 0 Å². The molecule has 1 aliphatic heterocycles. The maximum absolute atomic E-state index is 13.2. The van der Waals surface area contributed by atoms with Crippen LogP contribution in [0, 0.1) is 11.2 Å². The van der Waals surface area contributed by atoms with Crippen LogP contribution in [0.5, 0.6) is 0 Å². The maximum Gasteiger partial charge on any atom is 0.178 e. The van der Waals surface area contributed by atoms with E-state index in [1.165, 1.54) is 17.7 Å². The lowest BCUT2D eigenvalue weighted by molar-refractivity contribution is -0.214. The van der Waals surface area contributed by atoms with Gasteiger partial charge >= 0.3 is 0 Å². The van der Waals surface area contributed by atoms with Gasteiger partial charge in [-0.05, 0) is 48.7 Å². The van der Waals surface area contributed by atoms with Gasteiger partial charge in [-0.3, -0.25) is 0 Å². The van der Waals surface area contributed by atoms with E-state index in [1.54, 1.807) is 12.1 Å². The fraction of sp³-hybridized carbons (Fsp3) is 0.381. The molecule has 3 atom stereocenters. The Balaban J connectivity index is 1.55. The smallest absolute Gasteiger partial charge is 0.178 e. The molecule has 134 valence electrons. The van der Waals surface area contributed by atoms with Crippen molar-refractivity contribution in [2.24, 2.45) is 5.41 Å². The highest BCUT2D eigenvalue weighted by Gasteiger charge is 2.61. The summed E-state index contributed by atoms with van der Waals surface area (Å²) in [5.74, 6) is -0.821. The number of fused-ring (bicyclic) bond motifs is 3. The predicted octanol–water partition coefficient (Wildman–Crippen LogP) is 4.05. The molecular weight excluding hydrogens is 331 g/mol. The highest BCUT2D eigenvalue weighted by Crippen LogP contribution is 2.59. The first-order valence-electron chi connectivity index (χ1n) is 9.03. The highest BCUT2D eigenvalue weighted by atomic mass is 19.1. The van der Waals surface area contributed by atoms with E-state index in [0.717, 1.165) is 36.2 Å². The summed E-state index contributed by atoms with van der Waals surface area (Å²) < 4.78 is 27.6. The van der Waals surface area contributed by atoms with Crippen LogP contribution in [0.3, 0.4) is 0 Å². The van der Waals surface area contributed by atoms with Gasteiger partial charge in [0, 0.05) is 11.8 Å². The van der Waals surface area contributed by atoms with Gasteiger partial charge in [0.15, 0.2) is 5.79 Å². The molecule has 1 saturated heterocycles. The van der Waals surface area contributed by atoms with E-state index in [4.69, 9.17) is 9.47 Å². The van der Waals surface area contributed by atoms with Crippen LogP contribution in [0.2, 0.25) is 0 Å². The molecule has 2 aromatic rings. The zero-order valence-corrected chi connectivity index (χ0v) is 14.7. The maximum atomic E-state index is 13.2. The Morgan fingerprint density at radius 1 is 1.35 bits per heavy atom. The van der Waals surface area contributed by atoms with Crippen LogP contribution in [0.25, 0.3) is 11.8 Å². The van der Waals surface area contributed by atoms with Crippen molar-refractivity contribution in [3.63, 3.8) is 0 Å². The summed E-state index contributed by atoms with van der Waals surface area (Å²) >= 11 is 0. The molecule has 5 heteroatoms. The lowest BCUT2D eigenvalue weighted by atomic mass is 9.72. The third kappa shape index (κ3) is 2.04. The van der Waals surface area contributed by atoms with Crippen LogP contribution in [0.1, 0.15) is 31.0 Å². The van der Waals surface area contributed by atoms with Gasteiger partial charge in [-0.2, -0.15) is 5.10 Å². The molecular formula is C21H21FN2O2. The standard InChI is InChI=1S/C21H21FN2O2/c1-3-18-13-25-21(26-18)9-8-15-10-19-14(11-20(15,21)2)12-23-24(19)17-6-4-16(22)5-7-17/h3-7,10,12,18H,1,8-9,11,13H2,2H3/t18-,20+,21-/m1/s1. The lowest BCUT2D eigenvalue weighted by Gasteiger charge is -2.41. The summed E-state index contributed by atoms with van der Waals surface area (Å²) in [5, 5.41) is 4.55. The van der Waals surface area contributed by atoms with Crippen molar-refractivity contribution in [1.29, 1.82) is 0 Å². The summed E-state index contributed by atoms with van der Waals surface area (Å²) in [4.78, 5) is 0. The Morgan fingerprint density at radius 2 is 2.15 bits per heavy atom. The van der Waals surface area contributed by atoms with Crippen molar-refractivity contribution in [2.75, 3.05) is 6.61 Å². The van der Waals surface area contributed by atoms with Crippen molar-refractivity contribution in [1.82, 2.24) is 9.78 Å². The summed E-state index contributed by atoms with van der Waals surface area (Å²) in [6.07, 6.45) is 8.51. The number of hydrogen-bond donors (Lipinski definition) is 0. The number of ether oxygens (including phenoxy) is 2. The van der Waals surface area contributed by atoms with Gasteiger partial charge in [0.05, 0.1) is 24.2 Å². The largest absolute Gasteiger partial charge is 0.346 e. The molecule has 0 radical (unpaired) electrons. The van der Waals surface area contributed by atoms with Crippen LogP contribution in [-0.2, 0) is 15.9 Å². The first-order valence-corrected chi connectivity index (χ1v) is 9.03. The normalized spacial score (nSPS) is 32.4. The molecule has 2 aliphatic carbocycles. The fourth-order valence-electron chi connectivity index (χ4n) is 4.66. The molecule has 4 nitrogen and oxygen atoms in total. The minimum absolute atomic E-state index is 0.0467. The summed E-state index contributed by atoms with van der Waals surface area (Å²) in [6.45, 7) is 6.64. The van der Waals surface area contributed by atoms with Gasteiger partial charge in [0.25, 0.3) is 0 Å². The lowest BCUT2D eigenvalue weighted by Crippen LogP contribution is -2.46.